The molecule has 4 nitrogen and oxygen atoms in total. The fourth-order valence-electron chi connectivity index (χ4n) is 1.89. The van der Waals surface area contributed by atoms with Gasteiger partial charge in [0.15, 0.2) is 0 Å². The second kappa shape index (κ2) is 6.88. The third kappa shape index (κ3) is 3.39. The van der Waals surface area contributed by atoms with Gasteiger partial charge in [0.25, 0.3) is 0 Å². The summed E-state index contributed by atoms with van der Waals surface area (Å²) in [6.45, 7) is 0. The Labute approximate surface area is 128 Å². The summed E-state index contributed by atoms with van der Waals surface area (Å²) in [5.41, 5.74) is 1.63. The Balaban J connectivity index is 2.34. The zero-order valence-corrected chi connectivity index (χ0v) is 11.9. The molecule has 0 N–H and O–H groups in total. The Morgan fingerprint density at radius 2 is 1.86 bits per heavy atom. The molecule has 0 spiro atoms. The standard InChI is InChI=1S/C18H12N2O2/c1-22-17-4-2-3-15(10-17)18(21)16(12-20)9-13-5-7-14(11-19)8-6-13/h2-10H,1H3/b16-9+. The monoisotopic (exact) mass is 288 g/mol. The highest BCUT2D eigenvalue weighted by molar-refractivity contribution is 6.14. The average molecular weight is 288 g/mol. The van der Waals surface area contributed by atoms with E-state index >= 15 is 0 Å². The van der Waals surface area contributed by atoms with Gasteiger partial charge in [-0.2, -0.15) is 10.5 Å². The summed E-state index contributed by atoms with van der Waals surface area (Å²) in [6, 6.07) is 17.2. The third-order valence-electron chi connectivity index (χ3n) is 3.05. The number of Topliss-reactive ketones (excluding diaryl/α,β-unsaturated/α-hetero) is 1. The molecule has 0 heterocycles. The molecule has 0 aliphatic heterocycles. The fraction of sp³-hybridized carbons (Fsp3) is 0.0556. The SMILES string of the molecule is COc1cccc(C(=O)/C(C#N)=C/c2ccc(C#N)cc2)c1. The van der Waals surface area contributed by atoms with Gasteiger partial charge >= 0.3 is 0 Å². The first kappa shape index (κ1) is 15.0. The van der Waals surface area contributed by atoms with Crippen LogP contribution >= 0.6 is 0 Å². The first-order valence-corrected chi connectivity index (χ1v) is 6.48. The molecule has 2 aromatic carbocycles. The van der Waals surface area contributed by atoms with Crippen molar-refractivity contribution in [1.29, 1.82) is 10.5 Å². The topological polar surface area (TPSA) is 73.9 Å². The third-order valence-corrected chi connectivity index (χ3v) is 3.05. The average Bonchev–Trinajstić information content (AvgIpc) is 2.59. The van der Waals surface area contributed by atoms with Gasteiger partial charge in [0, 0.05) is 5.56 Å². The van der Waals surface area contributed by atoms with Crippen LogP contribution in [0, 0.1) is 22.7 Å². The molecule has 0 radical (unpaired) electrons. The van der Waals surface area contributed by atoms with E-state index in [-0.39, 0.29) is 11.4 Å². The maximum Gasteiger partial charge on any atom is 0.203 e. The first-order valence-electron chi connectivity index (χ1n) is 6.48. The Kier molecular flexibility index (Phi) is 4.70. The summed E-state index contributed by atoms with van der Waals surface area (Å²) in [7, 11) is 1.52. The molecule has 0 fully saturated rings. The van der Waals surface area contributed by atoms with Crippen LogP contribution in [0.1, 0.15) is 21.5 Å². The van der Waals surface area contributed by atoms with E-state index in [0.29, 0.717) is 22.4 Å². The molecule has 2 rings (SSSR count). The summed E-state index contributed by atoms with van der Waals surface area (Å²) < 4.78 is 5.08. The molecular formula is C18H12N2O2. The number of carbonyl (C=O) groups excluding carboxylic acids is 1. The van der Waals surface area contributed by atoms with Crippen LogP contribution in [0.5, 0.6) is 5.75 Å². The Hall–Kier alpha value is -3.37. The van der Waals surface area contributed by atoms with Crippen molar-refractivity contribution in [1.82, 2.24) is 0 Å². The van der Waals surface area contributed by atoms with E-state index in [0.717, 1.165) is 0 Å². The van der Waals surface area contributed by atoms with Crippen LogP contribution in [0.3, 0.4) is 0 Å². The lowest BCUT2D eigenvalue weighted by Gasteiger charge is -2.03. The van der Waals surface area contributed by atoms with Crippen LogP contribution in [0.2, 0.25) is 0 Å². The van der Waals surface area contributed by atoms with Crippen molar-refractivity contribution in [2.45, 2.75) is 0 Å². The van der Waals surface area contributed by atoms with Crippen molar-refractivity contribution in [3.05, 3.63) is 70.8 Å². The molecule has 0 saturated heterocycles. The number of ketones is 1. The molecule has 0 aromatic heterocycles. The minimum Gasteiger partial charge on any atom is -0.497 e. The van der Waals surface area contributed by atoms with Gasteiger partial charge in [-0.3, -0.25) is 4.79 Å². The highest BCUT2D eigenvalue weighted by atomic mass is 16.5. The predicted molar refractivity (Wildman–Crippen MR) is 82.1 cm³/mol. The molecule has 22 heavy (non-hydrogen) atoms. The smallest absolute Gasteiger partial charge is 0.203 e. The first-order chi connectivity index (χ1) is 10.7. The van der Waals surface area contributed by atoms with Crippen molar-refractivity contribution >= 4 is 11.9 Å². The molecule has 0 aliphatic carbocycles. The Bertz CT molecular complexity index is 806. The number of benzene rings is 2. The fourth-order valence-corrected chi connectivity index (χ4v) is 1.89. The number of nitriles is 2. The van der Waals surface area contributed by atoms with E-state index in [1.165, 1.54) is 13.2 Å². The lowest BCUT2D eigenvalue weighted by Crippen LogP contribution is -2.02. The van der Waals surface area contributed by atoms with Gasteiger partial charge in [-0.1, -0.05) is 24.3 Å². The predicted octanol–water partition coefficient (Wildman–Crippen LogP) is 3.36. The van der Waals surface area contributed by atoms with E-state index in [2.05, 4.69) is 0 Å². The van der Waals surface area contributed by atoms with Crippen molar-refractivity contribution in [3.8, 4) is 17.9 Å². The van der Waals surface area contributed by atoms with E-state index in [9.17, 15) is 10.1 Å². The van der Waals surface area contributed by atoms with Gasteiger partial charge in [-0.25, -0.2) is 0 Å². The molecule has 0 unspecified atom stereocenters. The Morgan fingerprint density at radius 1 is 1.14 bits per heavy atom. The van der Waals surface area contributed by atoms with Gasteiger partial charge < -0.3 is 4.74 Å². The zero-order chi connectivity index (χ0) is 15.9. The largest absolute Gasteiger partial charge is 0.497 e. The second-order valence-electron chi connectivity index (χ2n) is 4.46. The number of nitrogens with zero attached hydrogens (tertiary/aromatic N) is 2. The normalized spacial score (nSPS) is 10.4. The van der Waals surface area contributed by atoms with Crippen LogP contribution in [0.15, 0.2) is 54.1 Å². The Morgan fingerprint density at radius 3 is 2.45 bits per heavy atom. The molecule has 0 saturated carbocycles. The molecule has 0 atom stereocenters. The van der Waals surface area contributed by atoms with Gasteiger partial charge in [0.05, 0.1) is 18.7 Å². The van der Waals surface area contributed by atoms with Crippen molar-refractivity contribution in [2.75, 3.05) is 7.11 Å². The summed E-state index contributed by atoms with van der Waals surface area (Å²) in [5, 5.41) is 18.0. The molecule has 0 bridgehead atoms. The summed E-state index contributed by atoms with van der Waals surface area (Å²) in [4.78, 5) is 12.4. The number of rotatable bonds is 4. The number of hydrogen-bond acceptors (Lipinski definition) is 4. The van der Waals surface area contributed by atoms with Crippen molar-refractivity contribution in [3.63, 3.8) is 0 Å². The quantitative estimate of drug-likeness (QED) is 0.491. The van der Waals surface area contributed by atoms with Crippen LogP contribution in [0.25, 0.3) is 6.08 Å². The molecule has 0 aliphatic rings. The lowest BCUT2D eigenvalue weighted by molar-refractivity contribution is 0.103. The van der Waals surface area contributed by atoms with Crippen molar-refractivity contribution < 1.29 is 9.53 Å². The summed E-state index contributed by atoms with van der Waals surface area (Å²) in [6.07, 6.45) is 1.50. The number of allylic oxidation sites excluding steroid dienone is 1. The summed E-state index contributed by atoms with van der Waals surface area (Å²) in [5.74, 6) is 0.187. The van der Waals surface area contributed by atoms with Crippen LogP contribution in [0.4, 0.5) is 0 Å². The minimum absolute atomic E-state index is 0.0259. The number of ether oxygens (including phenoxy) is 1. The second-order valence-corrected chi connectivity index (χ2v) is 4.46. The highest BCUT2D eigenvalue weighted by Gasteiger charge is 2.12. The number of carbonyl (C=O) groups is 1. The number of methoxy groups -OCH3 is 1. The molecule has 106 valence electrons. The van der Waals surface area contributed by atoms with E-state index in [1.807, 2.05) is 12.1 Å². The molecule has 4 heteroatoms. The van der Waals surface area contributed by atoms with Crippen LogP contribution < -0.4 is 4.74 Å². The van der Waals surface area contributed by atoms with Crippen LogP contribution in [-0.4, -0.2) is 12.9 Å². The molecular weight excluding hydrogens is 276 g/mol. The zero-order valence-electron chi connectivity index (χ0n) is 11.9. The lowest BCUT2D eigenvalue weighted by atomic mass is 10.0. The van der Waals surface area contributed by atoms with Gasteiger partial charge in [-0.15, -0.1) is 0 Å². The maximum atomic E-state index is 12.4. The maximum absolute atomic E-state index is 12.4. The molecule has 0 amide bonds. The van der Waals surface area contributed by atoms with Gasteiger partial charge in [0.1, 0.15) is 17.4 Å². The van der Waals surface area contributed by atoms with Gasteiger partial charge in [0.2, 0.25) is 5.78 Å². The molecule has 2 aromatic rings. The van der Waals surface area contributed by atoms with Crippen molar-refractivity contribution in [2.24, 2.45) is 0 Å². The highest BCUT2D eigenvalue weighted by Crippen LogP contribution is 2.17. The van der Waals surface area contributed by atoms with E-state index in [1.54, 1.807) is 48.5 Å². The van der Waals surface area contributed by atoms with Gasteiger partial charge in [-0.05, 0) is 35.9 Å². The van der Waals surface area contributed by atoms with E-state index < -0.39 is 0 Å². The number of hydrogen-bond donors (Lipinski definition) is 0. The van der Waals surface area contributed by atoms with E-state index in [4.69, 9.17) is 10.00 Å². The minimum atomic E-state index is -0.370. The summed E-state index contributed by atoms with van der Waals surface area (Å²) >= 11 is 0. The van der Waals surface area contributed by atoms with Crippen LogP contribution in [-0.2, 0) is 0 Å².